The van der Waals surface area contributed by atoms with Gasteiger partial charge >= 0.3 is 0 Å². The Hall–Kier alpha value is -3.20. The van der Waals surface area contributed by atoms with E-state index < -0.39 is 23.4 Å². The van der Waals surface area contributed by atoms with E-state index in [1.54, 1.807) is 12.1 Å². The van der Waals surface area contributed by atoms with E-state index in [0.29, 0.717) is 18.5 Å². The number of aryl methyl sites for hydroxylation is 1. The molecule has 2 aromatic carbocycles. The van der Waals surface area contributed by atoms with E-state index in [2.05, 4.69) is 10.2 Å². The molecule has 2 aromatic rings. The van der Waals surface area contributed by atoms with Gasteiger partial charge in [-0.2, -0.15) is 0 Å². The number of hydrogen-bond donors (Lipinski definition) is 2. The van der Waals surface area contributed by atoms with Crippen molar-refractivity contribution in [3.8, 4) is 0 Å². The molecule has 1 saturated heterocycles. The molecule has 9 heteroatoms. The highest BCUT2D eigenvalue weighted by molar-refractivity contribution is 6.05. The predicted molar refractivity (Wildman–Crippen MR) is 112 cm³/mol. The Morgan fingerprint density at radius 2 is 1.61 bits per heavy atom. The average molecular weight is 438 g/mol. The number of halogens is 3. The van der Waals surface area contributed by atoms with Crippen molar-refractivity contribution in [2.45, 2.75) is 32.3 Å². The van der Waals surface area contributed by atoms with Crippen molar-refractivity contribution in [3.05, 3.63) is 58.9 Å². The first kappa shape index (κ1) is 25.8. The second kappa shape index (κ2) is 12.5. The standard InChI is InChI=1S/C20H21F3N2O2.2CH2O/c1-12-7-13(9-15(8-12)25-5-2-3-16(26)4-6-25)20(27)24-14-10-17(21)19(23)18(22)11-14;2*1-2/h7-11,16,26H,2-6H2,1H3,(H,24,27);2*1H2. The first-order valence-corrected chi connectivity index (χ1v) is 9.42. The molecule has 1 aliphatic rings. The van der Waals surface area contributed by atoms with Gasteiger partial charge in [-0.3, -0.25) is 4.79 Å². The normalized spacial score (nSPS) is 15.5. The Morgan fingerprint density at radius 3 is 2.23 bits per heavy atom. The molecule has 1 amide bonds. The van der Waals surface area contributed by atoms with Crippen LogP contribution in [0.15, 0.2) is 30.3 Å². The van der Waals surface area contributed by atoms with Crippen molar-refractivity contribution >= 4 is 30.9 Å². The van der Waals surface area contributed by atoms with Crippen LogP contribution in [0.2, 0.25) is 0 Å². The molecule has 0 aromatic heterocycles. The van der Waals surface area contributed by atoms with E-state index in [9.17, 15) is 23.1 Å². The van der Waals surface area contributed by atoms with E-state index in [1.807, 2.05) is 26.6 Å². The second-order valence-corrected chi connectivity index (χ2v) is 6.84. The number of rotatable bonds is 3. The van der Waals surface area contributed by atoms with Crippen molar-refractivity contribution in [1.29, 1.82) is 0 Å². The molecule has 31 heavy (non-hydrogen) atoms. The number of benzene rings is 2. The van der Waals surface area contributed by atoms with Gasteiger partial charge in [-0.05, 0) is 49.9 Å². The molecular formula is C22H25F3N2O4. The number of hydrogen-bond acceptors (Lipinski definition) is 5. The number of aliphatic hydroxyl groups excluding tert-OH is 1. The summed E-state index contributed by atoms with van der Waals surface area (Å²) in [6, 6.07) is 6.80. The molecule has 168 valence electrons. The maximum absolute atomic E-state index is 13.3. The van der Waals surface area contributed by atoms with Crippen LogP contribution >= 0.6 is 0 Å². The highest BCUT2D eigenvalue weighted by Gasteiger charge is 2.18. The maximum Gasteiger partial charge on any atom is 0.255 e. The summed E-state index contributed by atoms with van der Waals surface area (Å²) in [5.41, 5.74) is 1.89. The fourth-order valence-corrected chi connectivity index (χ4v) is 3.24. The summed E-state index contributed by atoms with van der Waals surface area (Å²) in [4.78, 5) is 30.6. The molecule has 0 bridgehead atoms. The van der Waals surface area contributed by atoms with Crippen LogP contribution in [0.25, 0.3) is 0 Å². The summed E-state index contributed by atoms with van der Waals surface area (Å²) >= 11 is 0. The topological polar surface area (TPSA) is 86.7 Å². The minimum atomic E-state index is -1.57. The smallest absolute Gasteiger partial charge is 0.255 e. The minimum Gasteiger partial charge on any atom is -0.393 e. The highest BCUT2D eigenvalue weighted by Crippen LogP contribution is 2.24. The SMILES string of the molecule is C=O.C=O.Cc1cc(C(=O)Nc2cc(F)c(F)c(F)c2)cc(N2CCCC(O)CC2)c1. The molecule has 2 N–H and O–H groups in total. The van der Waals surface area contributed by atoms with Crippen LogP contribution in [0, 0.1) is 24.4 Å². The van der Waals surface area contributed by atoms with Crippen molar-refractivity contribution in [2.75, 3.05) is 23.3 Å². The molecule has 1 fully saturated rings. The third-order valence-electron chi connectivity index (χ3n) is 4.63. The van der Waals surface area contributed by atoms with Gasteiger partial charge in [0.25, 0.3) is 5.91 Å². The van der Waals surface area contributed by atoms with Crippen LogP contribution in [-0.4, -0.2) is 43.8 Å². The summed E-state index contributed by atoms with van der Waals surface area (Å²) in [6.07, 6.45) is 1.94. The second-order valence-electron chi connectivity index (χ2n) is 6.84. The molecule has 1 unspecified atom stereocenters. The van der Waals surface area contributed by atoms with Crippen molar-refractivity contribution in [2.24, 2.45) is 0 Å². The number of nitrogens with one attached hydrogen (secondary N) is 1. The zero-order chi connectivity index (χ0) is 23.6. The Kier molecular flexibility index (Phi) is 10.4. The molecule has 0 saturated carbocycles. The molecule has 0 radical (unpaired) electrons. The summed E-state index contributed by atoms with van der Waals surface area (Å²) in [5, 5.41) is 12.2. The van der Waals surface area contributed by atoms with Gasteiger partial charge < -0.3 is 24.9 Å². The minimum absolute atomic E-state index is 0.155. The quantitative estimate of drug-likeness (QED) is 0.715. The van der Waals surface area contributed by atoms with Gasteiger partial charge in [-0.25, -0.2) is 13.2 Å². The summed E-state index contributed by atoms with van der Waals surface area (Å²) in [5.74, 6) is -4.84. The van der Waals surface area contributed by atoms with Crippen molar-refractivity contribution < 1.29 is 32.7 Å². The van der Waals surface area contributed by atoms with Crippen LogP contribution in [0.5, 0.6) is 0 Å². The maximum atomic E-state index is 13.3. The van der Waals surface area contributed by atoms with E-state index in [4.69, 9.17) is 9.59 Å². The van der Waals surface area contributed by atoms with E-state index in [1.165, 1.54) is 0 Å². The molecule has 1 heterocycles. The third-order valence-corrected chi connectivity index (χ3v) is 4.63. The lowest BCUT2D eigenvalue weighted by Gasteiger charge is -2.24. The van der Waals surface area contributed by atoms with Crippen molar-refractivity contribution in [3.63, 3.8) is 0 Å². The zero-order valence-electron chi connectivity index (χ0n) is 17.2. The van der Waals surface area contributed by atoms with Gasteiger partial charge in [0.2, 0.25) is 0 Å². The Labute approximate surface area is 178 Å². The van der Waals surface area contributed by atoms with Gasteiger partial charge in [0.05, 0.1) is 6.10 Å². The van der Waals surface area contributed by atoms with Gasteiger partial charge in [0.15, 0.2) is 17.5 Å². The number of aliphatic hydroxyl groups is 1. The number of carbonyl (C=O) groups is 3. The molecule has 6 nitrogen and oxygen atoms in total. The van der Waals surface area contributed by atoms with Crippen LogP contribution < -0.4 is 10.2 Å². The lowest BCUT2D eigenvalue weighted by atomic mass is 10.1. The van der Waals surface area contributed by atoms with Gasteiger partial charge in [-0.15, -0.1) is 0 Å². The molecule has 0 spiro atoms. The van der Waals surface area contributed by atoms with Crippen molar-refractivity contribution in [1.82, 2.24) is 0 Å². The molecule has 1 atom stereocenters. The van der Waals surface area contributed by atoms with Crippen LogP contribution in [0.1, 0.15) is 35.2 Å². The lowest BCUT2D eigenvalue weighted by Crippen LogP contribution is -2.25. The number of carbonyl (C=O) groups excluding carboxylic acids is 3. The van der Waals surface area contributed by atoms with Crippen LogP contribution in [0.3, 0.4) is 0 Å². The Balaban J connectivity index is 0.00000113. The first-order chi connectivity index (χ1) is 14.8. The number of amides is 1. The average Bonchev–Trinajstić information content (AvgIpc) is 2.99. The fourth-order valence-electron chi connectivity index (χ4n) is 3.24. The highest BCUT2D eigenvalue weighted by atomic mass is 19.2. The zero-order valence-corrected chi connectivity index (χ0v) is 17.2. The molecule has 1 aliphatic heterocycles. The first-order valence-electron chi connectivity index (χ1n) is 9.42. The summed E-state index contributed by atoms with van der Waals surface area (Å²) in [6.45, 7) is 7.31. The largest absolute Gasteiger partial charge is 0.393 e. The third kappa shape index (κ3) is 7.21. The molecule has 0 aliphatic carbocycles. The Morgan fingerprint density at radius 1 is 1.00 bits per heavy atom. The lowest BCUT2D eigenvalue weighted by molar-refractivity contribution is -0.0987. The predicted octanol–water partition coefficient (Wildman–Crippen LogP) is 3.65. The summed E-state index contributed by atoms with van der Waals surface area (Å²) < 4.78 is 39.7. The molecule has 3 rings (SSSR count). The van der Waals surface area contributed by atoms with Gasteiger partial charge in [-0.1, -0.05) is 0 Å². The van der Waals surface area contributed by atoms with Gasteiger partial charge in [0.1, 0.15) is 13.6 Å². The number of nitrogens with zero attached hydrogens (tertiary/aromatic N) is 1. The number of anilines is 2. The Bertz CT molecular complexity index is 870. The monoisotopic (exact) mass is 438 g/mol. The van der Waals surface area contributed by atoms with Crippen LogP contribution in [0.4, 0.5) is 24.5 Å². The van der Waals surface area contributed by atoms with E-state index >= 15 is 0 Å². The van der Waals surface area contributed by atoms with E-state index in [-0.39, 0.29) is 11.8 Å². The fraction of sp³-hybridized carbons (Fsp3) is 0.318. The van der Waals surface area contributed by atoms with E-state index in [0.717, 1.165) is 42.8 Å². The van der Waals surface area contributed by atoms with Gasteiger partial charge in [0, 0.05) is 42.2 Å². The summed E-state index contributed by atoms with van der Waals surface area (Å²) in [7, 11) is 0. The van der Waals surface area contributed by atoms with Crippen LogP contribution in [-0.2, 0) is 9.59 Å². The molecular weight excluding hydrogens is 413 g/mol.